The number of benzene rings is 1. The summed E-state index contributed by atoms with van der Waals surface area (Å²) in [6.07, 6.45) is 2.59. The number of hydrogen-bond acceptors (Lipinski definition) is 4. The Morgan fingerprint density at radius 3 is 2.84 bits per heavy atom. The van der Waals surface area contributed by atoms with E-state index in [1.807, 2.05) is 24.3 Å². The van der Waals surface area contributed by atoms with E-state index in [9.17, 15) is 0 Å². The van der Waals surface area contributed by atoms with Gasteiger partial charge in [0.2, 0.25) is 5.89 Å². The van der Waals surface area contributed by atoms with Gasteiger partial charge < -0.3 is 14.9 Å². The molecule has 0 saturated heterocycles. The second-order valence-electron chi connectivity index (χ2n) is 5.04. The lowest BCUT2D eigenvalue weighted by Gasteiger charge is -2.10. The molecule has 19 heavy (non-hydrogen) atoms. The average Bonchev–Trinajstić information content (AvgIpc) is 2.88. The first-order valence-corrected chi connectivity index (χ1v) is 6.46. The van der Waals surface area contributed by atoms with Gasteiger partial charge in [-0.25, -0.2) is 4.98 Å². The Kier molecular flexibility index (Phi) is 4.22. The number of methoxy groups -OCH3 is 1. The molecule has 1 aromatic heterocycles. The van der Waals surface area contributed by atoms with Crippen molar-refractivity contribution in [2.75, 3.05) is 7.11 Å². The van der Waals surface area contributed by atoms with Crippen molar-refractivity contribution in [1.82, 2.24) is 4.98 Å². The van der Waals surface area contributed by atoms with Gasteiger partial charge in [0.25, 0.3) is 0 Å². The summed E-state index contributed by atoms with van der Waals surface area (Å²) in [6, 6.07) is 7.52. The first-order chi connectivity index (χ1) is 9.10. The molecule has 2 rings (SSSR count). The van der Waals surface area contributed by atoms with Gasteiger partial charge in [-0.05, 0) is 30.5 Å². The fourth-order valence-corrected chi connectivity index (χ4v) is 1.97. The summed E-state index contributed by atoms with van der Waals surface area (Å²) in [6.45, 7) is 4.28. The number of rotatable bonds is 5. The second kappa shape index (κ2) is 5.89. The van der Waals surface area contributed by atoms with Crippen molar-refractivity contribution in [3.8, 4) is 17.2 Å². The number of nitrogens with zero attached hydrogens (tertiary/aromatic N) is 1. The zero-order valence-corrected chi connectivity index (χ0v) is 11.6. The van der Waals surface area contributed by atoms with E-state index < -0.39 is 0 Å². The molecule has 0 aliphatic carbocycles. The number of oxazole rings is 1. The van der Waals surface area contributed by atoms with Crippen LogP contribution >= 0.6 is 0 Å². The van der Waals surface area contributed by atoms with E-state index in [0.29, 0.717) is 11.8 Å². The average molecular weight is 260 g/mol. The zero-order valence-electron chi connectivity index (χ0n) is 11.6. The third-order valence-electron chi connectivity index (χ3n) is 2.93. The Morgan fingerprint density at radius 1 is 1.37 bits per heavy atom. The van der Waals surface area contributed by atoms with Crippen LogP contribution in [0.1, 0.15) is 32.1 Å². The number of ether oxygens (including phenoxy) is 1. The summed E-state index contributed by atoms with van der Waals surface area (Å²) in [5.41, 5.74) is 6.98. The summed E-state index contributed by atoms with van der Waals surface area (Å²) in [4.78, 5) is 4.29. The topological polar surface area (TPSA) is 61.3 Å². The largest absolute Gasteiger partial charge is 0.497 e. The minimum absolute atomic E-state index is 0.105. The smallest absolute Gasteiger partial charge is 0.226 e. The Balaban J connectivity index is 2.20. The van der Waals surface area contributed by atoms with Gasteiger partial charge in [-0.15, -0.1) is 0 Å². The zero-order chi connectivity index (χ0) is 13.8. The summed E-state index contributed by atoms with van der Waals surface area (Å²) in [7, 11) is 1.64. The van der Waals surface area contributed by atoms with Crippen LogP contribution < -0.4 is 10.5 Å². The highest BCUT2D eigenvalue weighted by atomic mass is 16.5. The minimum Gasteiger partial charge on any atom is -0.497 e. The Bertz CT molecular complexity index is 534. The molecule has 0 aliphatic heterocycles. The highest BCUT2D eigenvalue weighted by Gasteiger charge is 2.14. The van der Waals surface area contributed by atoms with Gasteiger partial charge in [0.1, 0.15) is 11.5 Å². The minimum atomic E-state index is -0.105. The molecular formula is C15H20N2O2. The molecule has 1 atom stereocenters. The predicted octanol–water partition coefficient (Wildman–Crippen LogP) is 3.40. The fraction of sp³-hybridized carbons (Fsp3) is 0.400. The van der Waals surface area contributed by atoms with Crippen molar-refractivity contribution in [2.24, 2.45) is 11.7 Å². The van der Waals surface area contributed by atoms with Crippen LogP contribution in [-0.4, -0.2) is 12.1 Å². The molecule has 2 N–H and O–H groups in total. The predicted molar refractivity (Wildman–Crippen MR) is 74.9 cm³/mol. The van der Waals surface area contributed by atoms with Crippen molar-refractivity contribution in [2.45, 2.75) is 26.3 Å². The van der Waals surface area contributed by atoms with Crippen LogP contribution in [0.25, 0.3) is 11.5 Å². The van der Waals surface area contributed by atoms with Crippen LogP contribution in [-0.2, 0) is 0 Å². The lowest BCUT2D eigenvalue weighted by molar-refractivity contribution is 0.413. The number of nitrogens with two attached hydrogens (primary N) is 1. The number of hydrogen-bond donors (Lipinski definition) is 1. The number of aromatic nitrogens is 1. The Labute approximate surface area is 113 Å². The van der Waals surface area contributed by atoms with E-state index >= 15 is 0 Å². The van der Waals surface area contributed by atoms with Gasteiger partial charge >= 0.3 is 0 Å². The second-order valence-corrected chi connectivity index (χ2v) is 5.04. The molecule has 0 amide bonds. The van der Waals surface area contributed by atoms with E-state index in [1.165, 1.54) is 0 Å². The molecule has 0 saturated carbocycles. The van der Waals surface area contributed by atoms with Crippen LogP contribution in [0.2, 0.25) is 0 Å². The molecule has 102 valence electrons. The van der Waals surface area contributed by atoms with Crippen molar-refractivity contribution in [3.05, 3.63) is 36.2 Å². The van der Waals surface area contributed by atoms with Crippen LogP contribution in [0, 0.1) is 5.92 Å². The lowest BCUT2D eigenvalue weighted by atomic mass is 10.0. The fourth-order valence-electron chi connectivity index (χ4n) is 1.97. The molecule has 2 aromatic rings. The highest BCUT2D eigenvalue weighted by molar-refractivity contribution is 5.55. The van der Waals surface area contributed by atoms with Gasteiger partial charge in [-0.1, -0.05) is 19.9 Å². The van der Waals surface area contributed by atoms with Gasteiger partial charge in [-0.3, -0.25) is 0 Å². The summed E-state index contributed by atoms with van der Waals surface area (Å²) >= 11 is 0. The van der Waals surface area contributed by atoms with Crippen LogP contribution in [0.4, 0.5) is 0 Å². The molecule has 0 spiro atoms. The van der Waals surface area contributed by atoms with Gasteiger partial charge in [0.15, 0.2) is 0 Å². The normalized spacial score (nSPS) is 12.7. The van der Waals surface area contributed by atoms with Gasteiger partial charge in [0.05, 0.1) is 19.3 Å². The third kappa shape index (κ3) is 3.35. The maximum absolute atomic E-state index is 6.08. The summed E-state index contributed by atoms with van der Waals surface area (Å²) in [5, 5.41) is 0. The van der Waals surface area contributed by atoms with Crippen LogP contribution in [0.3, 0.4) is 0 Å². The molecule has 1 heterocycles. The molecule has 0 bridgehead atoms. The van der Waals surface area contributed by atoms with Crippen molar-refractivity contribution >= 4 is 0 Å². The SMILES string of the molecule is COc1cccc(-c2ncc(C(N)CC(C)C)o2)c1. The molecule has 4 nitrogen and oxygen atoms in total. The quantitative estimate of drug-likeness (QED) is 0.895. The van der Waals surface area contributed by atoms with Crippen LogP contribution in [0.15, 0.2) is 34.9 Å². The molecule has 4 heteroatoms. The monoisotopic (exact) mass is 260 g/mol. The molecule has 0 fully saturated rings. The molecule has 1 aromatic carbocycles. The van der Waals surface area contributed by atoms with E-state index in [0.717, 1.165) is 23.5 Å². The third-order valence-corrected chi connectivity index (χ3v) is 2.93. The summed E-state index contributed by atoms with van der Waals surface area (Å²) in [5.74, 6) is 2.61. The molecular weight excluding hydrogens is 240 g/mol. The summed E-state index contributed by atoms with van der Waals surface area (Å²) < 4.78 is 10.9. The van der Waals surface area contributed by atoms with Gasteiger partial charge in [0, 0.05) is 5.56 Å². The van der Waals surface area contributed by atoms with E-state index in [1.54, 1.807) is 13.3 Å². The van der Waals surface area contributed by atoms with Crippen molar-refractivity contribution in [3.63, 3.8) is 0 Å². The molecule has 0 radical (unpaired) electrons. The van der Waals surface area contributed by atoms with Gasteiger partial charge in [-0.2, -0.15) is 0 Å². The van der Waals surface area contributed by atoms with Crippen LogP contribution in [0.5, 0.6) is 5.75 Å². The Morgan fingerprint density at radius 2 is 2.16 bits per heavy atom. The highest BCUT2D eigenvalue weighted by Crippen LogP contribution is 2.26. The first kappa shape index (κ1) is 13.6. The van der Waals surface area contributed by atoms with Crippen molar-refractivity contribution in [1.29, 1.82) is 0 Å². The molecule has 1 unspecified atom stereocenters. The lowest BCUT2D eigenvalue weighted by Crippen LogP contribution is -2.11. The maximum Gasteiger partial charge on any atom is 0.226 e. The van der Waals surface area contributed by atoms with E-state index in [-0.39, 0.29) is 6.04 Å². The van der Waals surface area contributed by atoms with E-state index in [4.69, 9.17) is 14.9 Å². The van der Waals surface area contributed by atoms with Crippen molar-refractivity contribution < 1.29 is 9.15 Å². The Hall–Kier alpha value is -1.81. The molecule has 0 aliphatic rings. The standard InChI is InChI=1S/C15H20N2O2/c1-10(2)7-13(16)14-9-17-15(19-14)11-5-4-6-12(8-11)18-3/h4-6,8-10,13H,7,16H2,1-3H3. The maximum atomic E-state index is 6.08. The van der Waals surface area contributed by atoms with E-state index in [2.05, 4.69) is 18.8 Å². The first-order valence-electron chi connectivity index (χ1n) is 6.46.